The number of hydrogen-bond donors (Lipinski definition) is 1. The van der Waals surface area contributed by atoms with Gasteiger partial charge in [0.15, 0.2) is 28.8 Å². The molecule has 1 aromatic heterocycles. The second-order valence-electron chi connectivity index (χ2n) is 6.33. The van der Waals surface area contributed by atoms with Crippen LogP contribution in [0.15, 0.2) is 41.1 Å². The number of nitrogens with zero attached hydrogens (tertiary/aromatic N) is 1. The Morgan fingerprint density at radius 2 is 1.53 bits per heavy atom. The lowest BCUT2D eigenvalue weighted by Crippen LogP contribution is -1.99. The third-order valence-electron chi connectivity index (χ3n) is 4.48. The van der Waals surface area contributed by atoms with E-state index in [0.29, 0.717) is 39.7 Å². The summed E-state index contributed by atoms with van der Waals surface area (Å²) in [4.78, 5) is 9.89. The fourth-order valence-electron chi connectivity index (χ4n) is 3.09. The van der Waals surface area contributed by atoms with Crippen molar-refractivity contribution >= 4 is 7.82 Å². The summed E-state index contributed by atoms with van der Waals surface area (Å²) in [6, 6.07) is 8.33. The molecule has 1 N–H and O–H groups in total. The molecule has 0 aliphatic heterocycles. The Balaban J connectivity index is 2.09. The van der Waals surface area contributed by atoms with Crippen molar-refractivity contribution in [3.05, 3.63) is 36.5 Å². The smallest absolute Gasteiger partial charge is 0.493 e. The minimum atomic E-state index is -4.32. The lowest BCUT2D eigenvalue weighted by Gasteiger charge is -2.16. The molecule has 0 fully saturated rings. The Kier molecular flexibility index (Phi) is 7.29. The number of ether oxygens (including phenoxy) is 4. The van der Waals surface area contributed by atoms with Gasteiger partial charge in [-0.25, -0.2) is 4.57 Å². The number of phosphoric acid groups is 1. The lowest BCUT2D eigenvalue weighted by atomic mass is 10.0. The van der Waals surface area contributed by atoms with E-state index in [1.165, 1.54) is 40.7 Å². The van der Waals surface area contributed by atoms with E-state index in [0.717, 1.165) is 0 Å². The average Bonchev–Trinajstić information content (AvgIpc) is 3.27. The standard InChI is InChI=1S/C21H24NO9P/c1-6-29-32(23,24)31-17-9-13(7-8-16(17)25-2)15-12-22-30-20(15)14-10-18(26-3)21(28-5)19(11-14)27-4/h7-12H,6H2,1-5H3,(H,23,24). The van der Waals surface area contributed by atoms with Gasteiger partial charge in [-0.05, 0) is 36.8 Å². The molecule has 0 amide bonds. The van der Waals surface area contributed by atoms with Crippen molar-refractivity contribution in [3.63, 3.8) is 0 Å². The quantitative estimate of drug-likeness (QED) is 0.427. The topological polar surface area (TPSA) is 119 Å². The SMILES string of the molecule is CCOP(=O)(O)Oc1cc(-c2cnoc2-c2cc(OC)c(OC)c(OC)c2)ccc1OC. The minimum Gasteiger partial charge on any atom is -0.493 e. The minimum absolute atomic E-state index is 0.00666. The van der Waals surface area contributed by atoms with Crippen LogP contribution in [0.4, 0.5) is 0 Å². The van der Waals surface area contributed by atoms with Gasteiger partial charge >= 0.3 is 7.82 Å². The maximum atomic E-state index is 12.1. The molecule has 1 heterocycles. The Morgan fingerprint density at radius 1 is 0.906 bits per heavy atom. The highest BCUT2D eigenvalue weighted by molar-refractivity contribution is 7.47. The molecule has 0 saturated carbocycles. The van der Waals surface area contributed by atoms with Gasteiger partial charge in [0, 0.05) is 11.1 Å². The number of benzene rings is 2. The van der Waals surface area contributed by atoms with Crippen molar-refractivity contribution in [1.82, 2.24) is 5.16 Å². The Labute approximate surface area is 185 Å². The Morgan fingerprint density at radius 3 is 2.09 bits per heavy atom. The highest BCUT2D eigenvalue weighted by atomic mass is 31.2. The molecule has 32 heavy (non-hydrogen) atoms. The zero-order valence-corrected chi connectivity index (χ0v) is 19.2. The predicted octanol–water partition coefficient (Wildman–Crippen LogP) is 4.56. The van der Waals surface area contributed by atoms with Gasteiger partial charge in [0.1, 0.15) is 0 Å². The lowest BCUT2D eigenvalue weighted by molar-refractivity contribution is 0.210. The van der Waals surface area contributed by atoms with Crippen LogP contribution < -0.4 is 23.5 Å². The average molecular weight is 465 g/mol. The maximum Gasteiger partial charge on any atom is 0.527 e. The first-order valence-corrected chi connectivity index (χ1v) is 11.0. The number of hydrogen-bond acceptors (Lipinski definition) is 9. The summed E-state index contributed by atoms with van der Waals surface area (Å²) in [5.41, 5.74) is 1.81. The van der Waals surface area contributed by atoms with Gasteiger partial charge in [-0.3, -0.25) is 9.42 Å². The van der Waals surface area contributed by atoms with Crippen LogP contribution in [0.1, 0.15) is 6.92 Å². The molecule has 0 spiro atoms. The fraction of sp³-hybridized carbons (Fsp3) is 0.286. The van der Waals surface area contributed by atoms with Crippen LogP contribution in [0.5, 0.6) is 28.7 Å². The first-order chi connectivity index (χ1) is 15.4. The molecule has 1 unspecified atom stereocenters. The molecule has 10 nitrogen and oxygen atoms in total. The van der Waals surface area contributed by atoms with Gasteiger partial charge in [0.25, 0.3) is 0 Å². The van der Waals surface area contributed by atoms with Gasteiger partial charge in [0.05, 0.1) is 41.2 Å². The molecular weight excluding hydrogens is 441 g/mol. The highest BCUT2D eigenvalue weighted by Gasteiger charge is 2.25. The summed E-state index contributed by atoms with van der Waals surface area (Å²) in [5.74, 6) is 2.03. The largest absolute Gasteiger partial charge is 0.527 e. The van der Waals surface area contributed by atoms with E-state index in [1.807, 2.05) is 0 Å². The third kappa shape index (κ3) is 4.83. The van der Waals surface area contributed by atoms with E-state index in [1.54, 1.807) is 31.2 Å². The zero-order valence-electron chi connectivity index (χ0n) is 18.3. The van der Waals surface area contributed by atoms with Crippen molar-refractivity contribution in [2.24, 2.45) is 0 Å². The monoisotopic (exact) mass is 465 g/mol. The van der Waals surface area contributed by atoms with Crippen molar-refractivity contribution in [1.29, 1.82) is 0 Å². The van der Waals surface area contributed by atoms with Crippen LogP contribution in [0.25, 0.3) is 22.5 Å². The van der Waals surface area contributed by atoms with Crippen LogP contribution >= 0.6 is 7.82 Å². The Bertz CT molecular complexity index is 1100. The van der Waals surface area contributed by atoms with Gasteiger partial charge < -0.3 is 28.0 Å². The first-order valence-electron chi connectivity index (χ1n) is 9.47. The molecule has 0 aliphatic carbocycles. The van der Waals surface area contributed by atoms with E-state index in [-0.39, 0.29) is 18.1 Å². The molecule has 0 saturated heterocycles. The normalized spacial score (nSPS) is 12.7. The summed E-state index contributed by atoms with van der Waals surface area (Å²) >= 11 is 0. The zero-order chi connectivity index (χ0) is 23.3. The van der Waals surface area contributed by atoms with Crippen molar-refractivity contribution in [2.75, 3.05) is 35.0 Å². The fourth-order valence-corrected chi connectivity index (χ4v) is 3.87. The van der Waals surface area contributed by atoms with Gasteiger partial charge in [0.2, 0.25) is 5.75 Å². The Hall–Kier alpha value is -3.20. The number of aromatic nitrogens is 1. The summed E-state index contributed by atoms with van der Waals surface area (Å²) in [6.07, 6.45) is 1.52. The van der Waals surface area contributed by atoms with E-state index >= 15 is 0 Å². The van der Waals surface area contributed by atoms with Crippen molar-refractivity contribution < 1.29 is 42.0 Å². The van der Waals surface area contributed by atoms with E-state index in [9.17, 15) is 9.46 Å². The first kappa shape index (κ1) is 23.5. The van der Waals surface area contributed by atoms with Crippen LogP contribution in [-0.4, -0.2) is 45.1 Å². The van der Waals surface area contributed by atoms with Gasteiger partial charge in [-0.15, -0.1) is 0 Å². The molecule has 2 aromatic carbocycles. The van der Waals surface area contributed by atoms with E-state index < -0.39 is 7.82 Å². The molecule has 3 rings (SSSR count). The van der Waals surface area contributed by atoms with E-state index in [4.69, 9.17) is 32.5 Å². The third-order valence-corrected chi connectivity index (χ3v) is 5.49. The molecule has 0 bridgehead atoms. The molecule has 3 aromatic rings. The number of phosphoric ester groups is 1. The molecule has 172 valence electrons. The van der Waals surface area contributed by atoms with Gasteiger partial charge in [-0.1, -0.05) is 11.2 Å². The molecule has 1 atom stereocenters. The summed E-state index contributed by atoms with van der Waals surface area (Å²) in [5, 5.41) is 3.92. The molecule has 11 heteroatoms. The van der Waals surface area contributed by atoms with E-state index in [2.05, 4.69) is 5.16 Å². The van der Waals surface area contributed by atoms with Gasteiger partial charge in [-0.2, -0.15) is 0 Å². The molecule has 0 aliphatic rings. The summed E-state index contributed by atoms with van der Waals surface area (Å²) in [6.45, 7) is 1.59. The second kappa shape index (κ2) is 9.95. The van der Waals surface area contributed by atoms with Crippen LogP contribution in [0, 0.1) is 0 Å². The van der Waals surface area contributed by atoms with Crippen molar-refractivity contribution in [3.8, 4) is 51.2 Å². The molecular formula is C21H24NO9P. The maximum absolute atomic E-state index is 12.1. The number of methoxy groups -OCH3 is 4. The van der Waals surface area contributed by atoms with Crippen LogP contribution in [0.3, 0.4) is 0 Å². The number of rotatable bonds is 10. The van der Waals surface area contributed by atoms with Crippen molar-refractivity contribution in [2.45, 2.75) is 6.92 Å². The second-order valence-corrected chi connectivity index (χ2v) is 7.70. The summed E-state index contributed by atoms with van der Waals surface area (Å²) in [7, 11) is 1.65. The molecule has 0 radical (unpaired) electrons. The highest BCUT2D eigenvalue weighted by Crippen LogP contribution is 2.48. The van der Waals surface area contributed by atoms with Crippen LogP contribution in [0.2, 0.25) is 0 Å². The summed E-state index contributed by atoms with van der Waals surface area (Å²) < 4.78 is 49.1. The predicted molar refractivity (Wildman–Crippen MR) is 116 cm³/mol. The van der Waals surface area contributed by atoms with Crippen LogP contribution in [-0.2, 0) is 9.09 Å².